The first-order valence-corrected chi connectivity index (χ1v) is 10.3. The largest absolute Gasteiger partial charge is 0.497 e. The Labute approximate surface area is 184 Å². The molecular formula is C23H23N5O4. The summed E-state index contributed by atoms with van der Waals surface area (Å²) in [5, 5.41) is 19.9. The van der Waals surface area contributed by atoms with E-state index in [1.54, 1.807) is 18.9 Å². The molecule has 2 aromatic heterocycles. The molecule has 164 valence electrons. The number of benzene rings is 2. The highest BCUT2D eigenvalue weighted by molar-refractivity contribution is 5.86. The lowest BCUT2D eigenvalue weighted by atomic mass is 9.93. The maximum absolute atomic E-state index is 11.0. The Bertz CT molecular complexity index is 1310. The molecular weight excluding hydrogens is 410 g/mol. The van der Waals surface area contributed by atoms with Crippen LogP contribution in [0, 0.1) is 10.1 Å². The molecule has 1 aliphatic rings. The van der Waals surface area contributed by atoms with Gasteiger partial charge in [0.05, 0.1) is 31.7 Å². The predicted octanol–water partition coefficient (Wildman–Crippen LogP) is 3.57. The van der Waals surface area contributed by atoms with Gasteiger partial charge in [0.2, 0.25) is 0 Å². The zero-order valence-corrected chi connectivity index (χ0v) is 17.8. The summed E-state index contributed by atoms with van der Waals surface area (Å²) in [6, 6.07) is 12.1. The number of methoxy groups -OCH3 is 2. The molecule has 5 rings (SSSR count). The van der Waals surface area contributed by atoms with Crippen molar-refractivity contribution in [2.75, 3.05) is 20.8 Å². The highest BCUT2D eigenvalue weighted by Crippen LogP contribution is 2.36. The topological polar surface area (TPSA) is 107 Å². The second-order valence-electron chi connectivity index (χ2n) is 7.79. The molecule has 32 heavy (non-hydrogen) atoms. The van der Waals surface area contributed by atoms with E-state index in [9.17, 15) is 10.1 Å². The van der Waals surface area contributed by atoms with Gasteiger partial charge >= 0.3 is 5.69 Å². The Kier molecular flexibility index (Phi) is 5.02. The van der Waals surface area contributed by atoms with Gasteiger partial charge in [0.15, 0.2) is 0 Å². The molecule has 1 unspecified atom stereocenters. The Balaban J connectivity index is 1.53. The first-order chi connectivity index (χ1) is 15.6. The predicted molar refractivity (Wildman–Crippen MR) is 119 cm³/mol. The van der Waals surface area contributed by atoms with E-state index in [2.05, 4.69) is 27.5 Å². The third-order valence-electron chi connectivity index (χ3n) is 5.96. The van der Waals surface area contributed by atoms with E-state index in [0.717, 1.165) is 41.1 Å². The van der Waals surface area contributed by atoms with Crippen LogP contribution in [0.3, 0.4) is 0 Å². The Morgan fingerprint density at radius 3 is 2.84 bits per heavy atom. The minimum Gasteiger partial charge on any atom is -0.497 e. The van der Waals surface area contributed by atoms with Gasteiger partial charge in [-0.05, 0) is 47.9 Å². The molecule has 0 radical (unpaired) electrons. The van der Waals surface area contributed by atoms with Crippen molar-refractivity contribution in [1.82, 2.24) is 20.1 Å². The Morgan fingerprint density at radius 2 is 2.09 bits per heavy atom. The second-order valence-corrected chi connectivity index (χ2v) is 7.79. The fraction of sp³-hybridized carbons (Fsp3) is 0.261. The molecule has 0 aliphatic carbocycles. The Hall–Kier alpha value is -3.85. The number of hydrogen-bond acceptors (Lipinski definition) is 6. The summed E-state index contributed by atoms with van der Waals surface area (Å²) in [7, 11) is 3.30. The molecule has 0 fully saturated rings. The van der Waals surface area contributed by atoms with Crippen LogP contribution in [0.25, 0.3) is 10.9 Å². The normalized spacial score (nSPS) is 15.5. The maximum Gasteiger partial charge on any atom is 0.307 e. The van der Waals surface area contributed by atoms with E-state index >= 15 is 0 Å². The number of ether oxygens (including phenoxy) is 2. The van der Waals surface area contributed by atoms with Crippen LogP contribution in [0.1, 0.15) is 28.4 Å². The number of nitro groups is 1. The van der Waals surface area contributed by atoms with Gasteiger partial charge in [-0.1, -0.05) is 6.07 Å². The molecule has 0 spiro atoms. The van der Waals surface area contributed by atoms with Crippen LogP contribution in [-0.4, -0.2) is 40.5 Å². The third-order valence-corrected chi connectivity index (χ3v) is 5.96. The summed E-state index contributed by atoms with van der Waals surface area (Å²) in [4.78, 5) is 14.1. The first kappa shape index (κ1) is 20.1. The molecule has 9 heteroatoms. The van der Waals surface area contributed by atoms with E-state index < -0.39 is 4.92 Å². The molecule has 0 saturated carbocycles. The minimum atomic E-state index is -0.449. The van der Waals surface area contributed by atoms with Gasteiger partial charge in [-0.2, -0.15) is 5.10 Å². The average molecular weight is 433 g/mol. The number of hydrogen-bond donors (Lipinski definition) is 2. The van der Waals surface area contributed by atoms with E-state index in [0.29, 0.717) is 12.3 Å². The van der Waals surface area contributed by atoms with E-state index in [-0.39, 0.29) is 11.7 Å². The van der Waals surface area contributed by atoms with Gasteiger partial charge in [0, 0.05) is 28.7 Å². The smallest absolute Gasteiger partial charge is 0.307 e. The standard InChI is InChI=1S/C23H23N5O4/c1-31-17-4-5-20-19(10-17)18-7-8-24-22(23(18)26-20)14-3-6-21(32-2)15(9-14)12-27-13-16(11-25-27)28(29)30/h3-6,9-11,13,22,24,26H,7-8,12H2,1-2H3. The summed E-state index contributed by atoms with van der Waals surface area (Å²) in [6.07, 6.45) is 3.61. The van der Waals surface area contributed by atoms with E-state index in [1.165, 1.54) is 23.3 Å². The SMILES string of the molecule is COc1ccc2[nH]c3c(c2c1)CCNC3c1ccc(OC)c(Cn2cc([N+](=O)[O-])cn2)c1. The number of fused-ring (bicyclic) bond motifs is 3. The summed E-state index contributed by atoms with van der Waals surface area (Å²) in [5.41, 5.74) is 5.47. The average Bonchev–Trinajstić information content (AvgIpc) is 3.43. The molecule has 0 bridgehead atoms. The van der Waals surface area contributed by atoms with Gasteiger partial charge < -0.3 is 19.8 Å². The zero-order valence-electron chi connectivity index (χ0n) is 17.8. The lowest BCUT2D eigenvalue weighted by Crippen LogP contribution is -2.30. The van der Waals surface area contributed by atoms with Crippen molar-refractivity contribution in [2.24, 2.45) is 0 Å². The van der Waals surface area contributed by atoms with E-state index in [4.69, 9.17) is 9.47 Å². The monoisotopic (exact) mass is 433 g/mol. The highest BCUT2D eigenvalue weighted by Gasteiger charge is 2.26. The molecule has 2 aromatic carbocycles. The molecule has 0 amide bonds. The van der Waals surface area contributed by atoms with Crippen molar-refractivity contribution < 1.29 is 14.4 Å². The van der Waals surface area contributed by atoms with Crippen molar-refractivity contribution in [3.05, 3.63) is 81.3 Å². The van der Waals surface area contributed by atoms with Crippen LogP contribution in [0.5, 0.6) is 11.5 Å². The summed E-state index contributed by atoms with van der Waals surface area (Å²) in [5.74, 6) is 1.55. The van der Waals surface area contributed by atoms with Gasteiger partial charge in [-0.3, -0.25) is 14.8 Å². The van der Waals surface area contributed by atoms with Crippen molar-refractivity contribution in [3.63, 3.8) is 0 Å². The lowest BCUT2D eigenvalue weighted by molar-refractivity contribution is -0.385. The van der Waals surface area contributed by atoms with Crippen LogP contribution in [-0.2, 0) is 13.0 Å². The molecule has 0 saturated heterocycles. The van der Waals surface area contributed by atoms with Crippen molar-refractivity contribution in [1.29, 1.82) is 0 Å². The van der Waals surface area contributed by atoms with Crippen LogP contribution >= 0.6 is 0 Å². The Morgan fingerprint density at radius 1 is 1.22 bits per heavy atom. The number of nitrogens with one attached hydrogen (secondary N) is 2. The number of nitrogens with zero attached hydrogens (tertiary/aromatic N) is 3. The van der Waals surface area contributed by atoms with Crippen molar-refractivity contribution in [2.45, 2.75) is 19.0 Å². The van der Waals surface area contributed by atoms with Crippen LogP contribution in [0.15, 0.2) is 48.8 Å². The van der Waals surface area contributed by atoms with Gasteiger partial charge in [-0.15, -0.1) is 0 Å². The van der Waals surface area contributed by atoms with Crippen LogP contribution < -0.4 is 14.8 Å². The number of aromatic amines is 1. The lowest BCUT2D eigenvalue weighted by Gasteiger charge is -2.25. The highest BCUT2D eigenvalue weighted by atomic mass is 16.6. The number of rotatable bonds is 6. The van der Waals surface area contributed by atoms with Crippen molar-refractivity contribution in [3.8, 4) is 11.5 Å². The molecule has 1 atom stereocenters. The van der Waals surface area contributed by atoms with Gasteiger partial charge in [-0.25, -0.2) is 0 Å². The molecule has 4 aromatic rings. The van der Waals surface area contributed by atoms with Crippen LogP contribution in [0.2, 0.25) is 0 Å². The molecule has 3 heterocycles. The molecule has 9 nitrogen and oxygen atoms in total. The molecule has 2 N–H and O–H groups in total. The zero-order chi connectivity index (χ0) is 22.2. The quantitative estimate of drug-likeness (QED) is 0.356. The van der Waals surface area contributed by atoms with E-state index in [1.807, 2.05) is 24.3 Å². The number of H-pyrrole nitrogens is 1. The summed E-state index contributed by atoms with van der Waals surface area (Å²) in [6.45, 7) is 1.23. The van der Waals surface area contributed by atoms with Crippen LogP contribution in [0.4, 0.5) is 5.69 Å². The number of aromatic nitrogens is 3. The third kappa shape index (κ3) is 3.46. The van der Waals surface area contributed by atoms with Gasteiger partial charge in [0.25, 0.3) is 0 Å². The molecule has 1 aliphatic heterocycles. The maximum atomic E-state index is 11.0. The van der Waals surface area contributed by atoms with Gasteiger partial charge in [0.1, 0.15) is 23.9 Å². The summed E-state index contributed by atoms with van der Waals surface area (Å²) >= 11 is 0. The van der Waals surface area contributed by atoms with Crippen molar-refractivity contribution >= 4 is 16.6 Å². The summed E-state index contributed by atoms with van der Waals surface area (Å²) < 4.78 is 12.5. The first-order valence-electron chi connectivity index (χ1n) is 10.3. The minimum absolute atomic E-state index is 0.00578. The second kappa shape index (κ2) is 8.01. The fourth-order valence-electron chi connectivity index (χ4n) is 4.43. The fourth-order valence-corrected chi connectivity index (χ4v) is 4.43.